The fourth-order valence-corrected chi connectivity index (χ4v) is 2.08. The van der Waals surface area contributed by atoms with Crippen molar-refractivity contribution in [3.05, 3.63) is 6.42 Å². The minimum atomic E-state index is 0.838. The zero-order valence-corrected chi connectivity index (χ0v) is 12.4. The van der Waals surface area contributed by atoms with E-state index in [1.54, 1.807) is 0 Å². The molecular formula is C16H29N2O. The third-order valence-electron chi connectivity index (χ3n) is 3.22. The largest absolute Gasteiger partial charge is 0.379 e. The topological polar surface area (TPSA) is 24.5 Å². The molecule has 1 fully saturated rings. The Bertz CT molecular complexity index is 251. The summed E-state index contributed by atoms with van der Waals surface area (Å²) in [5.41, 5.74) is 0. The van der Waals surface area contributed by atoms with Gasteiger partial charge in [0.05, 0.1) is 19.8 Å². The van der Waals surface area contributed by atoms with Crippen molar-refractivity contribution in [1.82, 2.24) is 10.2 Å². The second-order valence-electron chi connectivity index (χ2n) is 4.95. The molecule has 3 nitrogen and oxygen atoms in total. The van der Waals surface area contributed by atoms with Gasteiger partial charge in [-0.15, -0.1) is 5.92 Å². The van der Waals surface area contributed by atoms with Gasteiger partial charge in [-0.1, -0.05) is 12.8 Å². The second kappa shape index (κ2) is 12.5. The van der Waals surface area contributed by atoms with Gasteiger partial charge in [0.15, 0.2) is 0 Å². The molecule has 19 heavy (non-hydrogen) atoms. The monoisotopic (exact) mass is 265 g/mol. The first-order valence-corrected chi connectivity index (χ1v) is 7.71. The lowest BCUT2D eigenvalue weighted by molar-refractivity contribution is 0.0374. The molecule has 3 heteroatoms. The van der Waals surface area contributed by atoms with Gasteiger partial charge >= 0.3 is 0 Å². The summed E-state index contributed by atoms with van der Waals surface area (Å²) in [6.45, 7) is 9.33. The number of unbranched alkanes of at least 4 members (excludes halogenated alkanes) is 4. The lowest BCUT2D eigenvalue weighted by Gasteiger charge is -2.26. The van der Waals surface area contributed by atoms with Crippen molar-refractivity contribution in [2.45, 2.75) is 39.0 Å². The van der Waals surface area contributed by atoms with Gasteiger partial charge < -0.3 is 10.1 Å². The number of hydrogen-bond donors (Lipinski definition) is 1. The van der Waals surface area contributed by atoms with E-state index in [9.17, 15) is 0 Å². The van der Waals surface area contributed by atoms with Crippen molar-refractivity contribution in [3.8, 4) is 11.8 Å². The third kappa shape index (κ3) is 9.95. The van der Waals surface area contributed by atoms with E-state index >= 15 is 0 Å². The highest BCUT2D eigenvalue weighted by Gasteiger charge is 2.08. The predicted molar refractivity (Wildman–Crippen MR) is 81.0 cm³/mol. The van der Waals surface area contributed by atoms with Crippen LogP contribution in [0.25, 0.3) is 0 Å². The third-order valence-corrected chi connectivity index (χ3v) is 3.22. The molecule has 1 radical (unpaired) electrons. The zero-order valence-electron chi connectivity index (χ0n) is 12.4. The molecule has 0 unspecified atom stereocenters. The van der Waals surface area contributed by atoms with Gasteiger partial charge in [-0.2, -0.15) is 0 Å². The lowest BCUT2D eigenvalue weighted by Crippen LogP contribution is -2.36. The van der Waals surface area contributed by atoms with Crippen LogP contribution in [0.1, 0.15) is 39.0 Å². The number of ether oxygens (including phenoxy) is 1. The normalized spacial score (nSPS) is 16.1. The molecule has 0 amide bonds. The van der Waals surface area contributed by atoms with Crippen molar-refractivity contribution in [2.75, 3.05) is 45.9 Å². The molecule has 1 saturated heterocycles. The maximum Gasteiger partial charge on any atom is 0.0594 e. The Morgan fingerprint density at radius 3 is 2.84 bits per heavy atom. The van der Waals surface area contributed by atoms with Gasteiger partial charge in [-0.25, -0.2) is 0 Å². The Kier molecular flexibility index (Phi) is 10.8. The summed E-state index contributed by atoms with van der Waals surface area (Å²) in [5.74, 6) is 6.37. The van der Waals surface area contributed by atoms with Crippen LogP contribution in [0, 0.1) is 18.3 Å². The van der Waals surface area contributed by atoms with Crippen LogP contribution in [0.15, 0.2) is 0 Å². The molecule has 0 aromatic carbocycles. The van der Waals surface area contributed by atoms with E-state index in [-0.39, 0.29) is 0 Å². The summed E-state index contributed by atoms with van der Waals surface area (Å²) >= 11 is 0. The van der Waals surface area contributed by atoms with Crippen LogP contribution in [0.5, 0.6) is 0 Å². The van der Waals surface area contributed by atoms with E-state index < -0.39 is 0 Å². The smallest absolute Gasteiger partial charge is 0.0594 e. The molecule has 0 aromatic heterocycles. The van der Waals surface area contributed by atoms with Crippen LogP contribution in [0.3, 0.4) is 0 Å². The highest BCUT2D eigenvalue weighted by molar-refractivity contribution is 5.01. The van der Waals surface area contributed by atoms with Crippen LogP contribution in [0.2, 0.25) is 0 Å². The van der Waals surface area contributed by atoms with Crippen molar-refractivity contribution in [1.29, 1.82) is 0 Å². The average molecular weight is 265 g/mol. The molecule has 0 spiro atoms. The van der Waals surface area contributed by atoms with Gasteiger partial charge in [-0.05, 0) is 45.2 Å². The lowest BCUT2D eigenvalue weighted by atomic mass is 10.1. The Labute approximate surface area is 119 Å². The van der Waals surface area contributed by atoms with E-state index in [4.69, 9.17) is 4.74 Å². The van der Waals surface area contributed by atoms with Crippen LogP contribution in [-0.4, -0.2) is 50.8 Å². The average Bonchev–Trinajstić information content (AvgIpc) is 2.46. The van der Waals surface area contributed by atoms with Crippen LogP contribution >= 0.6 is 0 Å². The Balaban J connectivity index is 1.80. The minimum Gasteiger partial charge on any atom is -0.379 e. The summed E-state index contributed by atoms with van der Waals surface area (Å²) in [7, 11) is 0. The molecule has 1 heterocycles. The van der Waals surface area contributed by atoms with Gasteiger partial charge in [-0.3, -0.25) is 4.90 Å². The van der Waals surface area contributed by atoms with Crippen molar-refractivity contribution in [2.24, 2.45) is 0 Å². The molecule has 0 aliphatic carbocycles. The van der Waals surface area contributed by atoms with E-state index in [2.05, 4.69) is 35.4 Å². The molecule has 0 atom stereocenters. The molecule has 0 saturated carbocycles. The SMILES string of the molecule is CCCNCC#CCC[CH]CCCN1CCOCC1. The van der Waals surface area contributed by atoms with E-state index in [1.165, 1.54) is 25.8 Å². The van der Waals surface area contributed by atoms with Gasteiger partial charge in [0, 0.05) is 19.5 Å². The van der Waals surface area contributed by atoms with Crippen molar-refractivity contribution in [3.63, 3.8) is 0 Å². The van der Waals surface area contributed by atoms with Gasteiger partial charge in [0.25, 0.3) is 0 Å². The Morgan fingerprint density at radius 2 is 2.05 bits per heavy atom. The molecule has 1 aliphatic heterocycles. The van der Waals surface area contributed by atoms with E-state index in [0.717, 1.165) is 52.2 Å². The number of morpholine rings is 1. The number of nitrogens with one attached hydrogen (secondary N) is 1. The Morgan fingerprint density at radius 1 is 1.21 bits per heavy atom. The second-order valence-corrected chi connectivity index (χ2v) is 4.95. The number of nitrogens with zero attached hydrogens (tertiary/aromatic N) is 1. The van der Waals surface area contributed by atoms with Crippen LogP contribution in [-0.2, 0) is 4.74 Å². The number of hydrogen-bond acceptors (Lipinski definition) is 3. The maximum absolute atomic E-state index is 5.34. The highest BCUT2D eigenvalue weighted by atomic mass is 16.5. The first-order valence-electron chi connectivity index (χ1n) is 7.71. The zero-order chi connectivity index (χ0) is 13.6. The quantitative estimate of drug-likeness (QED) is 0.510. The van der Waals surface area contributed by atoms with Gasteiger partial charge in [0.1, 0.15) is 0 Å². The summed E-state index contributed by atoms with van der Waals surface area (Å²) in [4.78, 5) is 2.50. The molecule has 0 bridgehead atoms. The molecule has 0 aromatic rings. The Hall–Kier alpha value is -0.560. The highest BCUT2D eigenvalue weighted by Crippen LogP contribution is 2.04. The molecule has 109 valence electrons. The van der Waals surface area contributed by atoms with Crippen LogP contribution < -0.4 is 5.32 Å². The maximum atomic E-state index is 5.34. The number of rotatable bonds is 9. The van der Waals surface area contributed by atoms with Crippen molar-refractivity contribution >= 4 is 0 Å². The summed E-state index contributed by atoms with van der Waals surface area (Å²) in [5, 5.41) is 3.28. The minimum absolute atomic E-state index is 0.838. The summed E-state index contributed by atoms with van der Waals surface area (Å²) in [6.07, 6.45) is 8.18. The standard InChI is InChI=1S/C16H29N2O/c1-2-10-17-11-8-6-4-3-5-7-9-12-18-13-15-19-16-14-18/h5,17H,2-4,7,9-16H2,1H3. The summed E-state index contributed by atoms with van der Waals surface area (Å²) in [6, 6.07) is 0. The fourth-order valence-electron chi connectivity index (χ4n) is 2.08. The first kappa shape index (κ1) is 16.5. The summed E-state index contributed by atoms with van der Waals surface area (Å²) < 4.78 is 5.34. The molecule has 1 N–H and O–H groups in total. The van der Waals surface area contributed by atoms with Crippen molar-refractivity contribution < 1.29 is 4.74 Å². The fraction of sp³-hybridized carbons (Fsp3) is 0.812. The van der Waals surface area contributed by atoms with Gasteiger partial charge in [0.2, 0.25) is 0 Å². The first-order chi connectivity index (χ1) is 9.43. The van der Waals surface area contributed by atoms with E-state index in [0.29, 0.717) is 0 Å². The van der Waals surface area contributed by atoms with E-state index in [1.807, 2.05) is 0 Å². The molecular weight excluding hydrogens is 236 g/mol. The molecule has 1 rings (SSSR count). The predicted octanol–water partition coefficient (Wildman–Crippen LogP) is 2.09. The van der Waals surface area contributed by atoms with Crippen LogP contribution in [0.4, 0.5) is 0 Å². The molecule has 1 aliphatic rings.